The quantitative estimate of drug-likeness (QED) is 0.786. The molecule has 2 unspecified atom stereocenters. The average molecular weight is 316 g/mol. The zero-order valence-electron chi connectivity index (χ0n) is 11.5. The lowest BCUT2D eigenvalue weighted by Crippen LogP contribution is -2.38. The Morgan fingerprint density at radius 1 is 1.45 bits per heavy atom. The number of rotatable bonds is 7. The molecule has 20 heavy (non-hydrogen) atoms. The van der Waals surface area contributed by atoms with Crippen molar-refractivity contribution in [2.45, 2.75) is 20.4 Å². The second-order valence-electron chi connectivity index (χ2n) is 4.63. The summed E-state index contributed by atoms with van der Waals surface area (Å²) in [6, 6.07) is 3.64. The van der Waals surface area contributed by atoms with Crippen molar-refractivity contribution in [2.75, 3.05) is 6.54 Å². The SMILES string of the molecule is C=CCN(Cc1ccc(Cl)s1)C(=O)C(C)C(C)C(=O)O. The Bertz CT molecular complexity index is 500. The third-order valence-corrected chi connectivity index (χ3v) is 4.38. The molecular formula is C14H18ClNO3S. The van der Waals surface area contributed by atoms with Crippen LogP contribution >= 0.6 is 22.9 Å². The summed E-state index contributed by atoms with van der Waals surface area (Å²) in [7, 11) is 0. The molecule has 2 atom stereocenters. The predicted molar refractivity (Wildman–Crippen MR) is 80.9 cm³/mol. The van der Waals surface area contributed by atoms with Crippen LogP contribution in [0.25, 0.3) is 0 Å². The Morgan fingerprint density at radius 2 is 2.10 bits per heavy atom. The molecule has 0 aromatic carbocycles. The summed E-state index contributed by atoms with van der Waals surface area (Å²) in [6.45, 7) is 7.61. The highest BCUT2D eigenvalue weighted by Crippen LogP contribution is 2.24. The normalized spacial score (nSPS) is 13.6. The van der Waals surface area contributed by atoms with Gasteiger partial charge in [0.2, 0.25) is 5.91 Å². The molecule has 1 amide bonds. The molecule has 0 bridgehead atoms. The zero-order valence-corrected chi connectivity index (χ0v) is 13.1. The number of carbonyl (C=O) groups excluding carboxylic acids is 1. The van der Waals surface area contributed by atoms with Gasteiger partial charge in [-0.15, -0.1) is 17.9 Å². The van der Waals surface area contributed by atoms with E-state index in [0.29, 0.717) is 17.4 Å². The van der Waals surface area contributed by atoms with Gasteiger partial charge in [0.1, 0.15) is 0 Å². The molecular weight excluding hydrogens is 298 g/mol. The zero-order chi connectivity index (χ0) is 15.3. The average Bonchev–Trinajstić information content (AvgIpc) is 2.81. The van der Waals surface area contributed by atoms with Crippen molar-refractivity contribution >= 4 is 34.8 Å². The third kappa shape index (κ3) is 4.35. The van der Waals surface area contributed by atoms with Crippen molar-refractivity contribution in [3.63, 3.8) is 0 Å². The number of aliphatic carboxylic acids is 1. The van der Waals surface area contributed by atoms with Crippen LogP contribution in [0, 0.1) is 11.8 Å². The van der Waals surface area contributed by atoms with E-state index < -0.39 is 17.8 Å². The van der Waals surface area contributed by atoms with Crippen molar-refractivity contribution < 1.29 is 14.7 Å². The highest BCUT2D eigenvalue weighted by Gasteiger charge is 2.29. The van der Waals surface area contributed by atoms with Gasteiger partial charge in [0.05, 0.1) is 16.8 Å². The second-order valence-corrected chi connectivity index (χ2v) is 6.43. The third-order valence-electron chi connectivity index (χ3n) is 3.17. The summed E-state index contributed by atoms with van der Waals surface area (Å²) in [5, 5.41) is 9.00. The fourth-order valence-corrected chi connectivity index (χ4v) is 2.83. The molecule has 0 spiro atoms. The number of carboxylic acids is 1. The van der Waals surface area contributed by atoms with Crippen molar-refractivity contribution in [2.24, 2.45) is 11.8 Å². The lowest BCUT2D eigenvalue weighted by molar-refractivity contribution is -0.149. The first-order chi connectivity index (χ1) is 9.36. The Kier molecular flexibility index (Phi) is 6.23. The van der Waals surface area contributed by atoms with Crippen LogP contribution in [-0.4, -0.2) is 28.4 Å². The molecule has 1 N–H and O–H groups in total. The fraction of sp³-hybridized carbons (Fsp3) is 0.429. The van der Waals surface area contributed by atoms with Crippen LogP contribution in [0.4, 0.5) is 0 Å². The molecule has 0 aliphatic rings. The van der Waals surface area contributed by atoms with Crippen LogP contribution in [-0.2, 0) is 16.1 Å². The van der Waals surface area contributed by atoms with Crippen LogP contribution in [0.3, 0.4) is 0 Å². The van der Waals surface area contributed by atoms with Crippen LogP contribution in [0.1, 0.15) is 18.7 Å². The van der Waals surface area contributed by atoms with E-state index in [-0.39, 0.29) is 5.91 Å². The molecule has 0 fully saturated rings. The van der Waals surface area contributed by atoms with E-state index >= 15 is 0 Å². The van der Waals surface area contributed by atoms with Gasteiger partial charge in [-0.3, -0.25) is 9.59 Å². The molecule has 0 aliphatic carbocycles. The van der Waals surface area contributed by atoms with Gasteiger partial charge in [-0.05, 0) is 12.1 Å². The smallest absolute Gasteiger partial charge is 0.307 e. The molecule has 1 aromatic heterocycles. The summed E-state index contributed by atoms with van der Waals surface area (Å²) in [5.74, 6) is -2.46. The fourth-order valence-electron chi connectivity index (χ4n) is 1.73. The van der Waals surface area contributed by atoms with Crippen LogP contribution in [0.15, 0.2) is 24.8 Å². The van der Waals surface area contributed by atoms with E-state index in [4.69, 9.17) is 16.7 Å². The maximum Gasteiger partial charge on any atom is 0.307 e. The van der Waals surface area contributed by atoms with E-state index in [1.807, 2.05) is 6.07 Å². The number of hydrogen-bond donors (Lipinski definition) is 1. The van der Waals surface area contributed by atoms with Gasteiger partial charge in [-0.2, -0.15) is 0 Å². The standard InChI is InChI=1S/C14H18ClNO3S/c1-4-7-16(8-11-5-6-12(15)20-11)13(17)9(2)10(3)14(18)19/h4-6,9-10H,1,7-8H2,2-3H3,(H,18,19). The largest absolute Gasteiger partial charge is 0.481 e. The molecule has 110 valence electrons. The van der Waals surface area contributed by atoms with Gasteiger partial charge in [-0.1, -0.05) is 31.5 Å². The Balaban J connectivity index is 2.81. The molecule has 0 saturated carbocycles. The molecule has 1 rings (SSSR count). The maximum absolute atomic E-state index is 12.4. The molecule has 1 heterocycles. The van der Waals surface area contributed by atoms with Crippen LogP contribution in [0.5, 0.6) is 0 Å². The van der Waals surface area contributed by atoms with Crippen LogP contribution in [0.2, 0.25) is 4.34 Å². The number of amides is 1. The van der Waals surface area contributed by atoms with Crippen molar-refractivity contribution in [3.05, 3.63) is 34.0 Å². The monoisotopic (exact) mass is 315 g/mol. The first-order valence-corrected chi connectivity index (χ1v) is 7.43. The number of thiophene rings is 1. The minimum absolute atomic E-state index is 0.190. The Hall–Kier alpha value is -1.33. The predicted octanol–water partition coefficient (Wildman–Crippen LogP) is 3.27. The first-order valence-electron chi connectivity index (χ1n) is 6.23. The highest BCUT2D eigenvalue weighted by molar-refractivity contribution is 7.16. The topological polar surface area (TPSA) is 57.6 Å². The number of halogens is 1. The second kappa shape index (κ2) is 7.45. The first kappa shape index (κ1) is 16.7. The van der Waals surface area contributed by atoms with Gasteiger partial charge in [0.25, 0.3) is 0 Å². The minimum atomic E-state index is -0.969. The van der Waals surface area contributed by atoms with Crippen molar-refractivity contribution in [1.29, 1.82) is 0 Å². The molecule has 1 aromatic rings. The molecule has 0 radical (unpaired) electrons. The summed E-state index contributed by atoms with van der Waals surface area (Å²) in [6.07, 6.45) is 1.63. The molecule has 4 nitrogen and oxygen atoms in total. The van der Waals surface area contributed by atoms with E-state index in [2.05, 4.69) is 6.58 Å². The van der Waals surface area contributed by atoms with E-state index in [0.717, 1.165) is 4.88 Å². The minimum Gasteiger partial charge on any atom is -0.481 e. The summed E-state index contributed by atoms with van der Waals surface area (Å²) in [4.78, 5) is 25.9. The Morgan fingerprint density at radius 3 is 2.55 bits per heavy atom. The number of hydrogen-bond acceptors (Lipinski definition) is 3. The summed E-state index contributed by atoms with van der Waals surface area (Å²) in [5.41, 5.74) is 0. The summed E-state index contributed by atoms with van der Waals surface area (Å²) >= 11 is 7.28. The van der Waals surface area contributed by atoms with E-state index in [9.17, 15) is 9.59 Å². The van der Waals surface area contributed by atoms with Crippen molar-refractivity contribution in [1.82, 2.24) is 4.90 Å². The number of carbonyl (C=O) groups is 2. The van der Waals surface area contributed by atoms with Gasteiger partial charge >= 0.3 is 5.97 Å². The summed E-state index contributed by atoms with van der Waals surface area (Å²) < 4.78 is 0.665. The van der Waals surface area contributed by atoms with Crippen LogP contribution < -0.4 is 0 Å². The highest BCUT2D eigenvalue weighted by atomic mass is 35.5. The van der Waals surface area contributed by atoms with Gasteiger partial charge in [-0.25, -0.2) is 0 Å². The van der Waals surface area contributed by atoms with E-state index in [1.54, 1.807) is 30.9 Å². The van der Waals surface area contributed by atoms with Gasteiger partial charge < -0.3 is 10.0 Å². The molecule has 0 saturated heterocycles. The van der Waals surface area contributed by atoms with Gasteiger partial charge in [0, 0.05) is 17.3 Å². The Labute approximate surface area is 127 Å². The molecule has 6 heteroatoms. The lowest BCUT2D eigenvalue weighted by Gasteiger charge is -2.25. The molecule has 0 aliphatic heterocycles. The van der Waals surface area contributed by atoms with E-state index in [1.165, 1.54) is 11.3 Å². The van der Waals surface area contributed by atoms with Crippen molar-refractivity contribution in [3.8, 4) is 0 Å². The van der Waals surface area contributed by atoms with Gasteiger partial charge in [0.15, 0.2) is 0 Å². The number of nitrogens with zero attached hydrogens (tertiary/aromatic N) is 1. The number of carboxylic acid groups (broad SMARTS) is 1. The maximum atomic E-state index is 12.4. The lowest BCUT2D eigenvalue weighted by atomic mass is 9.94.